The minimum atomic E-state index is -0.281. The number of tetrazole rings is 1. The molecule has 1 atom stereocenters. The zero-order valence-corrected chi connectivity index (χ0v) is 16.0. The van der Waals surface area contributed by atoms with Crippen molar-refractivity contribution in [2.45, 2.75) is 51.6 Å². The number of nitrogens with zero attached hydrogens (tertiary/aromatic N) is 7. The molecule has 1 saturated heterocycles. The molecule has 9 heteroatoms. The first-order valence-electron chi connectivity index (χ1n) is 9.80. The minimum Gasteiger partial charge on any atom is -0.339 e. The Hall–Kier alpha value is -2.68. The van der Waals surface area contributed by atoms with Gasteiger partial charge in [0.15, 0.2) is 5.82 Å². The summed E-state index contributed by atoms with van der Waals surface area (Å²) in [5.74, 6) is 1.92. The molecule has 3 heterocycles. The maximum atomic E-state index is 13.1. The molecular weight excluding hydrogens is 361 g/mol. The molecule has 0 amide bonds. The second-order valence-corrected chi connectivity index (χ2v) is 7.21. The van der Waals surface area contributed by atoms with E-state index in [9.17, 15) is 4.39 Å². The number of benzene rings is 1. The summed E-state index contributed by atoms with van der Waals surface area (Å²) in [5, 5.41) is 16.2. The molecule has 4 rings (SSSR count). The molecule has 8 nitrogen and oxygen atoms in total. The van der Waals surface area contributed by atoms with E-state index in [0.29, 0.717) is 18.3 Å². The van der Waals surface area contributed by atoms with E-state index < -0.39 is 0 Å². The van der Waals surface area contributed by atoms with Crippen molar-refractivity contribution in [3.05, 3.63) is 41.8 Å². The van der Waals surface area contributed by atoms with Gasteiger partial charge in [-0.2, -0.15) is 4.98 Å². The van der Waals surface area contributed by atoms with Gasteiger partial charge in [0.1, 0.15) is 5.82 Å². The maximum Gasteiger partial charge on any atom is 0.231 e. The van der Waals surface area contributed by atoms with Crippen molar-refractivity contribution < 1.29 is 8.91 Å². The molecule has 0 spiro atoms. The van der Waals surface area contributed by atoms with Crippen LogP contribution >= 0.6 is 0 Å². The van der Waals surface area contributed by atoms with Crippen LogP contribution in [0.25, 0.3) is 11.4 Å². The highest BCUT2D eigenvalue weighted by atomic mass is 19.1. The normalized spacial score (nSPS) is 17.9. The number of aromatic nitrogens is 6. The van der Waals surface area contributed by atoms with Gasteiger partial charge in [0.05, 0.1) is 12.5 Å². The van der Waals surface area contributed by atoms with E-state index in [1.165, 1.54) is 12.1 Å². The highest BCUT2D eigenvalue weighted by Gasteiger charge is 2.27. The number of hydrogen-bond acceptors (Lipinski definition) is 7. The average molecular weight is 385 g/mol. The van der Waals surface area contributed by atoms with Gasteiger partial charge in [-0.15, -0.1) is 5.10 Å². The Morgan fingerprint density at radius 1 is 1.25 bits per heavy atom. The van der Waals surface area contributed by atoms with Crippen molar-refractivity contribution in [3.8, 4) is 11.4 Å². The predicted molar refractivity (Wildman–Crippen MR) is 99.7 cm³/mol. The van der Waals surface area contributed by atoms with Crippen molar-refractivity contribution in [1.29, 1.82) is 0 Å². The smallest absolute Gasteiger partial charge is 0.231 e. The summed E-state index contributed by atoms with van der Waals surface area (Å²) in [5.41, 5.74) is 0.749. The van der Waals surface area contributed by atoms with Crippen LogP contribution in [-0.2, 0) is 13.1 Å². The summed E-state index contributed by atoms with van der Waals surface area (Å²) >= 11 is 0. The molecule has 0 N–H and O–H groups in total. The maximum absolute atomic E-state index is 13.1. The van der Waals surface area contributed by atoms with E-state index in [1.54, 1.807) is 12.1 Å². The van der Waals surface area contributed by atoms with Gasteiger partial charge in [-0.3, -0.25) is 4.90 Å². The van der Waals surface area contributed by atoms with Crippen molar-refractivity contribution in [2.24, 2.45) is 0 Å². The summed E-state index contributed by atoms with van der Waals surface area (Å²) in [7, 11) is 0. The van der Waals surface area contributed by atoms with E-state index in [0.717, 1.165) is 56.7 Å². The Morgan fingerprint density at radius 3 is 2.93 bits per heavy atom. The van der Waals surface area contributed by atoms with Gasteiger partial charge >= 0.3 is 0 Å². The third-order valence-electron chi connectivity index (χ3n) is 5.09. The van der Waals surface area contributed by atoms with Crippen LogP contribution in [0.1, 0.15) is 50.2 Å². The molecule has 1 fully saturated rings. The van der Waals surface area contributed by atoms with E-state index in [2.05, 4.69) is 37.5 Å². The molecule has 0 radical (unpaired) electrons. The molecule has 0 saturated carbocycles. The Kier molecular flexibility index (Phi) is 5.70. The molecule has 1 aliphatic heterocycles. The number of rotatable bonds is 7. The third-order valence-corrected chi connectivity index (χ3v) is 5.09. The fourth-order valence-electron chi connectivity index (χ4n) is 3.54. The number of unbranched alkanes of at least 4 members (excludes halogenated alkanes) is 1. The lowest BCUT2D eigenvalue weighted by Gasteiger charge is -2.30. The summed E-state index contributed by atoms with van der Waals surface area (Å²) in [6.07, 6.45) is 4.23. The monoisotopic (exact) mass is 385 g/mol. The van der Waals surface area contributed by atoms with Crippen LogP contribution in [0, 0.1) is 5.82 Å². The fraction of sp³-hybridized carbons (Fsp3) is 0.526. The molecular formula is C19H24FN7O. The van der Waals surface area contributed by atoms with Crippen LogP contribution in [0.3, 0.4) is 0 Å². The topological polar surface area (TPSA) is 85.8 Å². The number of piperidine rings is 1. The largest absolute Gasteiger partial charge is 0.339 e. The summed E-state index contributed by atoms with van der Waals surface area (Å²) in [6, 6.07) is 6.12. The van der Waals surface area contributed by atoms with Crippen LogP contribution in [0.15, 0.2) is 28.8 Å². The summed E-state index contributed by atoms with van der Waals surface area (Å²) < 4.78 is 20.5. The van der Waals surface area contributed by atoms with Crippen molar-refractivity contribution >= 4 is 0 Å². The van der Waals surface area contributed by atoms with Crippen LogP contribution in [0.5, 0.6) is 0 Å². The molecule has 3 aromatic rings. The van der Waals surface area contributed by atoms with Gasteiger partial charge < -0.3 is 4.52 Å². The molecule has 1 aromatic carbocycles. The first-order valence-corrected chi connectivity index (χ1v) is 9.80. The number of hydrogen-bond donors (Lipinski definition) is 0. The Labute approximate surface area is 162 Å². The summed E-state index contributed by atoms with van der Waals surface area (Å²) in [4.78, 5) is 6.89. The number of halogens is 1. The summed E-state index contributed by atoms with van der Waals surface area (Å²) in [6.45, 7) is 5.54. The van der Waals surface area contributed by atoms with Crippen LogP contribution in [0.2, 0.25) is 0 Å². The van der Waals surface area contributed by atoms with E-state index in [1.807, 2.05) is 4.68 Å². The van der Waals surface area contributed by atoms with Gasteiger partial charge in [-0.05, 0) is 60.5 Å². The lowest BCUT2D eigenvalue weighted by atomic mass is 9.98. The zero-order valence-electron chi connectivity index (χ0n) is 16.0. The fourth-order valence-corrected chi connectivity index (χ4v) is 3.54. The van der Waals surface area contributed by atoms with Crippen LogP contribution in [0.4, 0.5) is 4.39 Å². The average Bonchev–Trinajstić information content (AvgIpc) is 3.37. The molecule has 28 heavy (non-hydrogen) atoms. The van der Waals surface area contributed by atoms with E-state index in [-0.39, 0.29) is 11.7 Å². The SMILES string of the molecule is CCCCn1nnnc1CN1CCCC(c2nc(-c3ccc(F)cc3)no2)C1. The molecule has 1 aliphatic rings. The van der Waals surface area contributed by atoms with Crippen LogP contribution in [-0.4, -0.2) is 48.3 Å². The van der Waals surface area contributed by atoms with Gasteiger partial charge in [0, 0.05) is 18.7 Å². The third kappa shape index (κ3) is 4.24. The number of aryl methyl sites for hydroxylation is 1. The molecule has 148 valence electrons. The van der Waals surface area contributed by atoms with E-state index >= 15 is 0 Å². The first kappa shape index (κ1) is 18.7. The predicted octanol–water partition coefficient (Wildman–Crippen LogP) is 3.04. The zero-order chi connectivity index (χ0) is 19.3. The van der Waals surface area contributed by atoms with Gasteiger partial charge in [0.25, 0.3) is 0 Å². The molecule has 0 aliphatic carbocycles. The standard InChI is InChI=1S/C19H24FN7O/c1-2-3-11-27-17(22-24-25-27)13-26-10-4-5-15(12-26)19-21-18(23-28-19)14-6-8-16(20)9-7-14/h6-9,15H,2-5,10-13H2,1H3. The quantitative estimate of drug-likeness (QED) is 0.618. The second-order valence-electron chi connectivity index (χ2n) is 7.21. The number of likely N-dealkylation sites (tertiary alicyclic amines) is 1. The van der Waals surface area contributed by atoms with Crippen molar-refractivity contribution in [3.63, 3.8) is 0 Å². The van der Waals surface area contributed by atoms with Crippen molar-refractivity contribution in [2.75, 3.05) is 13.1 Å². The molecule has 1 unspecified atom stereocenters. The van der Waals surface area contributed by atoms with Crippen LogP contribution < -0.4 is 0 Å². The molecule has 0 bridgehead atoms. The van der Waals surface area contributed by atoms with Gasteiger partial charge in [-0.1, -0.05) is 18.5 Å². The highest BCUT2D eigenvalue weighted by molar-refractivity contribution is 5.53. The molecule has 2 aromatic heterocycles. The Bertz CT molecular complexity index is 892. The lowest BCUT2D eigenvalue weighted by molar-refractivity contribution is 0.174. The minimum absolute atomic E-state index is 0.176. The Balaban J connectivity index is 1.42. The first-order chi connectivity index (χ1) is 13.7. The van der Waals surface area contributed by atoms with Crippen molar-refractivity contribution in [1.82, 2.24) is 35.2 Å². The van der Waals surface area contributed by atoms with E-state index in [4.69, 9.17) is 4.52 Å². The van der Waals surface area contributed by atoms with Gasteiger partial charge in [-0.25, -0.2) is 9.07 Å². The second kappa shape index (κ2) is 8.55. The Morgan fingerprint density at radius 2 is 2.11 bits per heavy atom. The lowest BCUT2D eigenvalue weighted by Crippen LogP contribution is -2.35. The highest BCUT2D eigenvalue weighted by Crippen LogP contribution is 2.28. The van der Waals surface area contributed by atoms with Gasteiger partial charge in [0.2, 0.25) is 11.7 Å².